The number of hydrogen-bond acceptors (Lipinski definition) is 4. The number of hydrogen-bond donors (Lipinski definition) is 2. The molecule has 1 heterocycles. The van der Waals surface area contributed by atoms with Gasteiger partial charge in [-0.05, 0) is 27.9 Å². The first-order valence-corrected chi connectivity index (χ1v) is 8.38. The highest BCUT2D eigenvalue weighted by Crippen LogP contribution is 2.34. The fourth-order valence-electron chi connectivity index (χ4n) is 1.21. The molecule has 102 valence electrons. The van der Waals surface area contributed by atoms with E-state index in [1.54, 1.807) is 13.8 Å². The van der Waals surface area contributed by atoms with Gasteiger partial charge >= 0.3 is 0 Å². The van der Waals surface area contributed by atoms with E-state index in [0.717, 1.165) is 11.3 Å². The standard InChI is InChI=1S/C9H12BrClN2O3S2/c1-4(2)7(9(12)14)13-18(15,16)6-3-5(11)8(10)17-6/h3-4,7,13H,1-2H3,(H2,12,14). The van der Waals surface area contributed by atoms with Gasteiger partial charge in [0.2, 0.25) is 5.91 Å². The van der Waals surface area contributed by atoms with E-state index < -0.39 is 22.0 Å². The second-order valence-electron chi connectivity index (χ2n) is 3.93. The molecule has 1 atom stereocenters. The van der Waals surface area contributed by atoms with Crippen LogP contribution < -0.4 is 10.5 Å². The molecular formula is C9H12BrClN2O3S2. The molecule has 18 heavy (non-hydrogen) atoms. The van der Waals surface area contributed by atoms with Crippen LogP contribution in [0.1, 0.15) is 13.8 Å². The lowest BCUT2D eigenvalue weighted by Gasteiger charge is -2.18. The molecule has 0 fully saturated rings. The summed E-state index contributed by atoms with van der Waals surface area (Å²) < 4.78 is 26.9. The van der Waals surface area contributed by atoms with Crippen LogP contribution in [-0.2, 0) is 14.8 Å². The quantitative estimate of drug-likeness (QED) is 0.824. The van der Waals surface area contributed by atoms with Gasteiger partial charge in [-0.3, -0.25) is 4.79 Å². The Hall–Kier alpha value is -0.150. The highest BCUT2D eigenvalue weighted by atomic mass is 79.9. The normalized spacial score (nSPS) is 13.8. The third kappa shape index (κ3) is 3.67. The van der Waals surface area contributed by atoms with E-state index in [4.69, 9.17) is 17.3 Å². The monoisotopic (exact) mass is 374 g/mol. The largest absolute Gasteiger partial charge is 0.368 e. The molecule has 0 aliphatic heterocycles. The van der Waals surface area contributed by atoms with Gasteiger partial charge in [0, 0.05) is 0 Å². The van der Waals surface area contributed by atoms with Gasteiger partial charge in [0.25, 0.3) is 10.0 Å². The van der Waals surface area contributed by atoms with Crippen molar-refractivity contribution in [1.29, 1.82) is 0 Å². The Labute approximate surface area is 123 Å². The van der Waals surface area contributed by atoms with Gasteiger partial charge in [0.1, 0.15) is 10.3 Å². The van der Waals surface area contributed by atoms with E-state index >= 15 is 0 Å². The predicted molar refractivity (Wildman–Crippen MR) is 75.2 cm³/mol. The third-order valence-corrected chi connectivity index (χ3v) is 6.53. The number of thiophene rings is 1. The highest BCUT2D eigenvalue weighted by molar-refractivity contribution is 9.11. The summed E-state index contributed by atoms with van der Waals surface area (Å²) >= 11 is 9.88. The van der Waals surface area contributed by atoms with Crippen LogP contribution in [0.25, 0.3) is 0 Å². The number of carbonyl (C=O) groups excluding carboxylic acids is 1. The summed E-state index contributed by atoms with van der Waals surface area (Å²) in [7, 11) is -3.80. The Morgan fingerprint density at radius 1 is 1.56 bits per heavy atom. The molecule has 0 aliphatic carbocycles. The Kier molecular flexibility index (Phi) is 5.19. The van der Waals surface area contributed by atoms with Crippen molar-refractivity contribution >= 4 is 54.8 Å². The molecule has 0 spiro atoms. The fourth-order valence-corrected chi connectivity index (χ4v) is 4.98. The lowest BCUT2D eigenvalue weighted by molar-refractivity contribution is -0.120. The first-order valence-electron chi connectivity index (χ1n) is 4.91. The number of amides is 1. The van der Waals surface area contributed by atoms with Gasteiger partial charge in [-0.15, -0.1) is 11.3 Å². The molecule has 0 aromatic carbocycles. The Morgan fingerprint density at radius 2 is 2.11 bits per heavy atom. The number of halogens is 2. The summed E-state index contributed by atoms with van der Waals surface area (Å²) in [6.45, 7) is 3.41. The molecule has 1 amide bonds. The topological polar surface area (TPSA) is 89.3 Å². The van der Waals surface area contributed by atoms with Crippen molar-refractivity contribution in [2.75, 3.05) is 0 Å². The van der Waals surface area contributed by atoms with Crippen LogP contribution in [0.5, 0.6) is 0 Å². The maximum absolute atomic E-state index is 12.0. The fraction of sp³-hybridized carbons (Fsp3) is 0.444. The minimum absolute atomic E-state index is 0.0336. The number of nitrogens with two attached hydrogens (primary N) is 1. The molecule has 9 heteroatoms. The van der Waals surface area contributed by atoms with E-state index in [1.165, 1.54) is 6.07 Å². The first-order chi connectivity index (χ1) is 8.15. The smallest absolute Gasteiger partial charge is 0.250 e. The average Bonchev–Trinajstić information content (AvgIpc) is 2.56. The highest BCUT2D eigenvalue weighted by Gasteiger charge is 2.28. The number of primary amides is 1. The molecule has 0 aliphatic rings. The van der Waals surface area contributed by atoms with Crippen LogP contribution in [-0.4, -0.2) is 20.4 Å². The molecule has 0 saturated carbocycles. The average molecular weight is 376 g/mol. The zero-order valence-corrected chi connectivity index (χ0v) is 13.6. The third-order valence-electron chi connectivity index (χ3n) is 2.14. The van der Waals surface area contributed by atoms with Crippen molar-refractivity contribution in [3.63, 3.8) is 0 Å². The van der Waals surface area contributed by atoms with Crippen LogP contribution in [0.4, 0.5) is 0 Å². The Balaban J connectivity index is 3.04. The van der Waals surface area contributed by atoms with Gasteiger partial charge in [-0.1, -0.05) is 25.4 Å². The molecule has 5 nitrogen and oxygen atoms in total. The molecule has 0 saturated heterocycles. The first kappa shape index (κ1) is 15.9. The summed E-state index contributed by atoms with van der Waals surface area (Å²) in [6, 6.07) is 0.367. The summed E-state index contributed by atoms with van der Waals surface area (Å²) in [5.41, 5.74) is 5.16. The molecular weight excluding hydrogens is 364 g/mol. The van der Waals surface area contributed by atoms with Gasteiger partial charge < -0.3 is 5.73 Å². The van der Waals surface area contributed by atoms with Crippen molar-refractivity contribution in [2.45, 2.75) is 24.1 Å². The predicted octanol–water partition coefficient (Wildman–Crippen LogP) is 1.95. The summed E-state index contributed by atoms with van der Waals surface area (Å²) in [6.07, 6.45) is 0. The lowest BCUT2D eigenvalue weighted by Crippen LogP contribution is -2.47. The SMILES string of the molecule is CC(C)C(NS(=O)(=O)c1cc(Cl)c(Br)s1)C(N)=O. The molecule has 1 aromatic heterocycles. The van der Waals surface area contributed by atoms with Gasteiger partial charge in [0.15, 0.2) is 0 Å². The summed E-state index contributed by atoms with van der Waals surface area (Å²) in [5.74, 6) is -0.952. The van der Waals surface area contributed by atoms with Gasteiger partial charge in [0.05, 0.1) is 8.81 Å². The Bertz CT molecular complexity index is 537. The minimum Gasteiger partial charge on any atom is -0.368 e. The van der Waals surface area contributed by atoms with Gasteiger partial charge in [-0.25, -0.2) is 8.42 Å². The minimum atomic E-state index is -3.80. The van der Waals surface area contributed by atoms with Crippen molar-refractivity contribution in [2.24, 2.45) is 11.7 Å². The molecule has 1 unspecified atom stereocenters. The van der Waals surface area contributed by atoms with E-state index in [1.807, 2.05) is 0 Å². The number of sulfonamides is 1. The zero-order chi connectivity index (χ0) is 14.1. The van der Waals surface area contributed by atoms with Crippen molar-refractivity contribution in [1.82, 2.24) is 4.72 Å². The number of rotatable bonds is 5. The van der Waals surface area contributed by atoms with Crippen LogP contribution in [0, 0.1) is 5.92 Å². The zero-order valence-electron chi connectivity index (χ0n) is 9.61. The number of nitrogens with one attached hydrogen (secondary N) is 1. The van der Waals surface area contributed by atoms with Crippen molar-refractivity contribution < 1.29 is 13.2 Å². The summed E-state index contributed by atoms with van der Waals surface area (Å²) in [5, 5.41) is 0.306. The molecule has 0 bridgehead atoms. The van der Waals surface area contributed by atoms with Gasteiger partial charge in [-0.2, -0.15) is 4.72 Å². The molecule has 1 aromatic rings. The molecule has 0 radical (unpaired) electrons. The van der Waals surface area contributed by atoms with Crippen LogP contribution >= 0.6 is 38.9 Å². The Morgan fingerprint density at radius 3 is 2.44 bits per heavy atom. The second-order valence-corrected chi connectivity index (χ2v) is 8.65. The van der Waals surface area contributed by atoms with E-state index in [2.05, 4.69) is 20.7 Å². The lowest BCUT2D eigenvalue weighted by atomic mass is 10.1. The number of carbonyl (C=O) groups is 1. The van der Waals surface area contributed by atoms with E-state index in [9.17, 15) is 13.2 Å². The van der Waals surface area contributed by atoms with Crippen LogP contribution in [0.15, 0.2) is 14.1 Å². The maximum atomic E-state index is 12.0. The van der Waals surface area contributed by atoms with E-state index in [0.29, 0.717) is 8.81 Å². The maximum Gasteiger partial charge on any atom is 0.250 e. The van der Waals surface area contributed by atoms with Crippen molar-refractivity contribution in [3.8, 4) is 0 Å². The van der Waals surface area contributed by atoms with Crippen LogP contribution in [0.2, 0.25) is 5.02 Å². The van der Waals surface area contributed by atoms with Crippen LogP contribution in [0.3, 0.4) is 0 Å². The van der Waals surface area contributed by atoms with E-state index in [-0.39, 0.29) is 10.1 Å². The molecule has 3 N–H and O–H groups in total. The molecule has 1 rings (SSSR count). The second kappa shape index (κ2) is 5.87. The van der Waals surface area contributed by atoms with Crippen molar-refractivity contribution in [3.05, 3.63) is 14.9 Å². The summed E-state index contributed by atoms with van der Waals surface area (Å²) in [4.78, 5) is 11.2.